The number of hydrogen-bond donors (Lipinski definition) is 0. The molecule has 0 fully saturated rings. The maximum absolute atomic E-state index is 16.6. The van der Waals surface area contributed by atoms with E-state index in [9.17, 15) is 0 Å². The Labute approximate surface area is 227 Å². The minimum Gasteiger partial charge on any atom is -0.370 e. The minimum absolute atomic E-state index is 0.0397. The molecule has 0 atom stereocenters. The van der Waals surface area contributed by atoms with Crippen molar-refractivity contribution in [2.45, 2.75) is 20.8 Å². The summed E-state index contributed by atoms with van der Waals surface area (Å²) in [5.41, 5.74) is 0.747. The van der Waals surface area contributed by atoms with E-state index in [1.807, 2.05) is 0 Å². The van der Waals surface area contributed by atoms with Gasteiger partial charge in [-0.2, -0.15) is 16.4 Å². The van der Waals surface area contributed by atoms with Crippen LogP contribution in [0.25, 0.3) is 0 Å². The Morgan fingerprint density at radius 3 is 1.10 bits per heavy atom. The molecule has 0 amide bonds. The molecule has 9 heteroatoms. The highest BCUT2D eigenvalue weighted by molar-refractivity contribution is 7.20. The van der Waals surface area contributed by atoms with Gasteiger partial charge in [-0.15, -0.1) is 5.46 Å². The Balaban J connectivity index is 2.19. The zero-order valence-corrected chi connectivity index (χ0v) is 23.1. The minimum atomic E-state index is -4.37. The molecular formula is C30H30BF4O3Si-. The first kappa shape index (κ1) is 28.8. The molecule has 3 nitrogen and oxygen atoms in total. The third kappa shape index (κ3) is 4.96. The van der Waals surface area contributed by atoms with Gasteiger partial charge in [-0.05, 0) is 20.8 Å². The van der Waals surface area contributed by atoms with Gasteiger partial charge in [0.25, 0.3) is 0 Å². The molecule has 39 heavy (non-hydrogen) atoms. The van der Waals surface area contributed by atoms with Crippen LogP contribution in [0.4, 0.5) is 17.6 Å². The predicted molar refractivity (Wildman–Crippen MR) is 150 cm³/mol. The lowest BCUT2D eigenvalue weighted by molar-refractivity contribution is 0.0840. The number of hydrogen-bond acceptors (Lipinski definition) is 3. The fraction of sp³-hybridized carbons (Fsp3) is 0.200. The summed E-state index contributed by atoms with van der Waals surface area (Å²) in [5.74, 6) is -6.20. The first-order valence-corrected chi connectivity index (χ1v) is 14.7. The molecule has 0 aliphatic rings. The summed E-state index contributed by atoms with van der Waals surface area (Å²) in [6, 6.07) is 25.9. The highest BCUT2D eigenvalue weighted by Gasteiger charge is 2.51. The van der Waals surface area contributed by atoms with Crippen LogP contribution in [0.1, 0.15) is 20.8 Å². The molecule has 0 bridgehead atoms. The Morgan fingerprint density at radius 2 is 0.821 bits per heavy atom. The van der Waals surface area contributed by atoms with Crippen molar-refractivity contribution in [3.63, 3.8) is 0 Å². The summed E-state index contributed by atoms with van der Waals surface area (Å²) < 4.78 is 82.6. The van der Waals surface area contributed by atoms with Gasteiger partial charge in [-0.25, -0.2) is 17.6 Å². The molecule has 0 unspecified atom stereocenters. The molecule has 0 aromatic heterocycles. The van der Waals surface area contributed by atoms with Crippen molar-refractivity contribution >= 4 is 42.0 Å². The lowest BCUT2D eigenvalue weighted by Gasteiger charge is -2.44. The molecule has 4 aromatic rings. The van der Waals surface area contributed by atoms with Gasteiger partial charge in [0.05, 0.1) is 5.19 Å². The van der Waals surface area contributed by atoms with E-state index in [-0.39, 0.29) is 19.8 Å². The van der Waals surface area contributed by atoms with Crippen LogP contribution in [0.3, 0.4) is 0 Å². The van der Waals surface area contributed by atoms with Gasteiger partial charge in [0, 0.05) is 19.8 Å². The van der Waals surface area contributed by atoms with Crippen LogP contribution >= 0.6 is 0 Å². The van der Waals surface area contributed by atoms with E-state index in [0.717, 1.165) is 0 Å². The fourth-order valence-corrected chi connectivity index (χ4v) is 8.09. The first-order valence-electron chi connectivity index (χ1n) is 13.0. The van der Waals surface area contributed by atoms with Crippen molar-refractivity contribution in [1.82, 2.24) is 0 Å². The van der Waals surface area contributed by atoms with Crippen molar-refractivity contribution in [3.8, 4) is 0 Å². The average Bonchev–Trinajstić information content (AvgIpc) is 2.96. The summed E-state index contributed by atoms with van der Waals surface area (Å²) in [7, 11) is -4.37. The van der Waals surface area contributed by atoms with Gasteiger partial charge in [0.15, 0.2) is 11.6 Å². The molecule has 0 heterocycles. The van der Waals surface area contributed by atoms with Gasteiger partial charge in [0.2, 0.25) is 0 Å². The molecule has 0 aliphatic carbocycles. The summed E-state index contributed by atoms with van der Waals surface area (Å²) in [6.45, 7) is 4.65. The van der Waals surface area contributed by atoms with Crippen LogP contribution in [0.15, 0.2) is 91.0 Å². The van der Waals surface area contributed by atoms with E-state index >= 15 is 17.6 Å². The predicted octanol–water partition coefficient (Wildman–Crippen LogP) is 3.88. The van der Waals surface area contributed by atoms with E-state index in [1.54, 1.807) is 112 Å². The van der Waals surface area contributed by atoms with Crippen LogP contribution in [0.5, 0.6) is 0 Å². The summed E-state index contributed by atoms with van der Waals surface area (Å²) in [4.78, 5) is 0. The van der Waals surface area contributed by atoms with Crippen LogP contribution in [-0.2, 0) is 13.3 Å². The summed E-state index contributed by atoms with van der Waals surface area (Å²) >= 11 is 0. The lowest BCUT2D eigenvalue weighted by atomic mass is 9.13. The Bertz CT molecular complexity index is 1250. The summed E-state index contributed by atoms with van der Waals surface area (Å²) in [5, 5.41) is -0.967. The lowest BCUT2D eigenvalue weighted by Crippen LogP contribution is -2.77. The zero-order valence-electron chi connectivity index (χ0n) is 22.1. The molecule has 0 aliphatic heterocycles. The average molecular weight is 553 g/mol. The van der Waals surface area contributed by atoms with Crippen LogP contribution < -0.4 is 27.0 Å². The van der Waals surface area contributed by atoms with E-state index in [1.165, 1.54) is 0 Å². The van der Waals surface area contributed by atoms with Crippen LogP contribution in [-0.4, -0.2) is 34.8 Å². The molecule has 4 rings (SSSR count). The molecule has 4 aromatic carbocycles. The van der Waals surface area contributed by atoms with E-state index in [0.29, 0.717) is 16.4 Å². The molecule has 0 N–H and O–H groups in total. The molecule has 0 saturated carbocycles. The zero-order chi connectivity index (χ0) is 28.0. The molecule has 0 radical (unpaired) electrons. The molecule has 0 spiro atoms. The number of benzene rings is 4. The van der Waals surface area contributed by atoms with Gasteiger partial charge in [-0.3, -0.25) is 0 Å². The largest absolute Gasteiger partial charge is 0.543 e. The SMILES string of the molecule is CCO[Si](OCC)(OCC)c1c(F)c(F)c([B-](c2ccccc2)(c2ccccc2)c2ccccc2)c(F)c1F. The van der Waals surface area contributed by atoms with Gasteiger partial charge in [-0.1, -0.05) is 91.0 Å². The normalized spacial score (nSPS) is 12.1. The van der Waals surface area contributed by atoms with Crippen molar-refractivity contribution in [2.75, 3.05) is 19.8 Å². The van der Waals surface area contributed by atoms with Crippen molar-refractivity contribution in [3.05, 3.63) is 114 Å². The maximum atomic E-state index is 16.6. The highest BCUT2D eigenvalue weighted by Crippen LogP contribution is 2.22. The molecule has 204 valence electrons. The smallest absolute Gasteiger partial charge is 0.370 e. The van der Waals surface area contributed by atoms with Gasteiger partial charge >= 0.3 is 8.80 Å². The second-order valence-corrected chi connectivity index (χ2v) is 11.5. The monoisotopic (exact) mass is 553 g/mol. The quantitative estimate of drug-likeness (QED) is 0.160. The number of rotatable bonds is 11. The summed E-state index contributed by atoms with van der Waals surface area (Å²) in [6.07, 6.45) is -2.73. The van der Waals surface area contributed by atoms with E-state index in [4.69, 9.17) is 13.3 Å². The van der Waals surface area contributed by atoms with Crippen molar-refractivity contribution in [2.24, 2.45) is 0 Å². The third-order valence-electron chi connectivity index (χ3n) is 6.94. The van der Waals surface area contributed by atoms with Gasteiger partial charge in [0.1, 0.15) is 17.8 Å². The van der Waals surface area contributed by atoms with E-state index in [2.05, 4.69) is 0 Å². The first-order chi connectivity index (χ1) is 18.9. The second kappa shape index (κ2) is 12.3. The Kier molecular flexibility index (Phi) is 9.07. The maximum Gasteiger partial charge on any atom is 0.543 e. The van der Waals surface area contributed by atoms with Crippen molar-refractivity contribution < 1.29 is 30.8 Å². The van der Waals surface area contributed by atoms with Crippen LogP contribution in [0, 0.1) is 23.3 Å². The molecule has 0 saturated heterocycles. The van der Waals surface area contributed by atoms with Gasteiger partial charge < -0.3 is 13.3 Å². The van der Waals surface area contributed by atoms with Crippen LogP contribution in [0.2, 0.25) is 0 Å². The van der Waals surface area contributed by atoms with Crippen molar-refractivity contribution in [1.29, 1.82) is 0 Å². The number of halogens is 4. The second-order valence-electron chi connectivity index (χ2n) is 9.00. The third-order valence-corrected chi connectivity index (χ3v) is 10.00. The Hall–Kier alpha value is -3.24. The fourth-order valence-electron chi connectivity index (χ4n) is 5.51. The Morgan fingerprint density at radius 1 is 0.513 bits per heavy atom. The topological polar surface area (TPSA) is 27.7 Å². The standard InChI is InChI=1S/C30H30BF4O3Si/c1-4-36-39(37-5-2,38-6-3)30-28(34)26(32)25(27(33)29(30)35)31(22-16-10-7-11-17-22,23-18-12-8-13-19-23)24-20-14-9-15-21-24/h7-21H,4-6H2,1-3H3/q-1. The molecular weight excluding hydrogens is 523 g/mol. The highest BCUT2D eigenvalue weighted by atomic mass is 28.4. The van der Waals surface area contributed by atoms with E-state index < -0.39 is 48.9 Å².